The fourth-order valence-corrected chi connectivity index (χ4v) is 1.01. The monoisotopic (exact) mass is 221 g/mol. The Morgan fingerprint density at radius 3 is 2.19 bits per heavy atom. The van der Waals surface area contributed by atoms with E-state index >= 15 is 0 Å². The van der Waals surface area contributed by atoms with Crippen molar-refractivity contribution < 1.29 is 13.5 Å². The predicted octanol–water partition coefficient (Wildman–Crippen LogP) is 2.63. The first kappa shape index (κ1) is 12.0. The SMILES string of the molecule is C#CC(C)(C)Oc1c(F)cc(C#N)cc1F. The number of nitriles is 1. The summed E-state index contributed by atoms with van der Waals surface area (Å²) in [6.07, 6.45) is 5.14. The first-order valence-electron chi connectivity index (χ1n) is 4.45. The van der Waals surface area contributed by atoms with Crippen LogP contribution >= 0.6 is 0 Å². The summed E-state index contributed by atoms with van der Waals surface area (Å²) in [5.41, 5.74) is -1.23. The van der Waals surface area contributed by atoms with Gasteiger partial charge in [0, 0.05) is 0 Å². The largest absolute Gasteiger partial charge is 0.469 e. The van der Waals surface area contributed by atoms with Gasteiger partial charge >= 0.3 is 0 Å². The second-order valence-electron chi connectivity index (χ2n) is 3.64. The number of terminal acetylenes is 1. The van der Waals surface area contributed by atoms with Crippen LogP contribution in [0.4, 0.5) is 8.78 Å². The fraction of sp³-hybridized carbons (Fsp3) is 0.250. The van der Waals surface area contributed by atoms with Gasteiger partial charge in [-0.2, -0.15) is 5.26 Å². The van der Waals surface area contributed by atoms with Crippen LogP contribution in [0.2, 0.25) is 0 Å². The van der Waals surface area contributed by atoms with E-state index in [2.05, 4.69) is 5.92 Å². The zero-order valence-electron chi connectivity index (χ0n) is 8.84. The number of halogens is 2. The van der Waals surface area contributed by atoms with Crippen molar-refractivity contribution in [3.05, 3.63) is 29.3 Å². The maximum Gasteiger partial charge on any atom is 0.192 e. The number of hydrogen-bond donors (Lipinski definition) is 0. The van der Waals surface area contributed by atoms with E-state index in [1.165, 1.54) is 13.8 Å². The van der Waals surface area contributed by atoms with Crippen LogP contribution in [0, 0.1) is 35.3 Å². The molecule has 0 spiro atoms. The zero-order chi connectivity index (χ0) is 12.3. The van der Waals surface area contributed by atoms with Crippen LogP contribution in [0.1, 0.15) is 19.4 Å². The van der Waals surface area contributed by atoms with E-state index in [1.54, 1.807) is 6.07 Å². The molecule has 16 heavy (non-hydrogen) atoms. The van der Waals surface area contributed by atoms with Crippen molar-refractivity contribution in [1.29, 1.82) is 5.26 Å². The molecule has 0 aromatic heterocycles. The lowest BCUT2D eigenvalue weighted by Crippen LogP contribution is -2.26. The van der Waals surface area contributed by atoms with Crippen molar-refractivity contribution in [3.63, 3.8) is 0 Å². The standard InChI is InChI=1S/C12H9F2NO/c1-4-12(2,3)16-11-9(13)5-8(7-15)6-10(11)14/h1,5-6H,2-3H3. The first-order chi connectivity index (χ1) is 7.39. The topological polar surface area (TPSA) is 33.0 Å². The van der Waals surface area contributed by atoms with Gasteiger partial charge in [-0.25, -0.2) is 8.78 Å². The minimum atomic E-state index is -1.12. The Bertz CT molecular complexity index is 472. The van der Waals surface area contributed by atoms with Crippen molar-refractivity contribution in [2.75, 3.05) is 0 Å². The highest BCUT2D eigenvalue weighted by molar-refractivity contribution is 5.38. The normalized spacial score (nSPS) is 10.4. The number of rotatable bonds is 2. The molecule has 0 heterocycles. The van der Waals surface area contributed by atoms with Gasteiger partial charge in [-0.3, -0.25) is 0 Å². The van der Waals surface area contributed by atoms with Crippen LogP contribution in [0.3, 0.4) is 0 Å². The summed E-state index contributed by atoms with van der Waals surface area (Å²) in [7, 11) is 0. The lowest BCUT2D eigenvalue weighted by atomic mass is 10.1. The third kappa shape index (κ3) is 2.49. The van der Waals surface area contributed by atoms with Gasteiger partial charge in [0.2, 0.25) is 0 Å². The van der Waals surface area contributed by atoms with Gasteiger partial charge in [0.1, 0.15) is 0 Å². The molecular formula is C12H9F2NO. The van der Waals surface area contributed by atoms with Gasteiger partial charge in [0.25, 0.3) is 0 Å². The maximum absolute atomic E-state index is 13.4. The smallest absolute Gasteiger partial charge is 0.192 e. The molecule has 4 heteroatoms. The van der Waals surface area contributed by atoms with E-state index in [9.17, 15) is 8.78 Å². The summed E-state index contributed by atoms with van der Waals surface area (Å²) in [6.45, 7) is 3.01. The molecule has 0 fully saturated rings. The van der Waals surface area contributed by atoms with Gasteiger partial charge in [0.05, 0.1) is 11.6 Å². The van der Waals surface area contributed by atoms with Crippen LogP contribution in [0.25, 0.3) is 0 Å². The van der Waals surface area contributed by atoms with Crippen molar-refractivity contribution in [2.45, 2.75) is 19.4 Å². The summed E-state index contributed by atoms with van der Waals surface area (Å²) in [4.78, 5) is 0. The van der Waals surface area contributed by atoms with E-state index in [1.807, 2.05) is 0 Å². The number of benzene rings is 1. The summed E-state index contributed by atoms with van der Waals surface area (Å²) < 4.78 is 31.8. The summed E-state index contributed by atoms with van der Waals surface area (Å²) in [5.74, 6) is -0.204. The molecule has 0 aliphatic heterocycles. The van der Waals surface area contributed by atoms with Crippen LogP contribution in [0.15, 0.2) is 12.1 Å². The summed E-state index contributed by atoms with van der Waals surface area (Å²) >= 11 is 0. The van der Waals surface area contributed by atoms with Gasteiger partial charge in [-0.05, 0) is 26.0 Å². The predicted molar refractivity (Wildman–Crippen MR) is 54.6 cm³/mol. The molecule has 2 nitrogen and oxygen atoms in total. The molecule has 0 atom stereocenters. The Hall–Kier alpha value is -2.07. The zero-order valence-corrected chi connectivity index (χ0v) is 8.84. The highest BCUT2D eigenvalue weighted by Gasteiger charge is 2.21. The Kier molecular flexibility index (Phi) is 3.15. The van der Waals surface area contributed by atoms with E-state index in [0.29, 0.717) is 0 Å². The first-order valence-corrected chi connectivity index (χ1v) is 4.45. The second kappa shape index (κ2) is 4.20. The van der Waals surface area contributed by atoms with Crippen LogP contribution < -0.4 is 4.74 Å². The van der Waals surface area contributed by atoms with Crippen LogP contribution in [-0.2, 0) is 0 Å². The second-order valence-corrected chi connectivity index (χ2v) is 3.64. The quantitative estimate of drug-likeness (QED) is 0.719. The Morgan fingerprint density at radius 2 is 1.81 bits per heavy atom. The molecular weight excluding hydrogens is 212 g/mol. The van der Waals surface area contributed by atoms with Crippen molar-refractivity contribution in [1.82, 2.24) is 0 Å². The fourth-order valence-electron chi connectivity index (χ4n) is 1.01. The molecule has 0 bridgehead atoms. The van der Waals surface area contributed by atoms with Gasteiger partial charge in [0.15, 0.2) is 23.0 Å². The van der Waals surface area contributed by atoms with Crippen LogP contribution in [0.5, 0.6) is 5.75 Å². The molecule has 0 saturated carbocycles. The lowest BCUT2D eigenvalue weighted by Gasteiger charge is -2.20. The Balaban J connectivity index is 3.18. The molecule has 0 aliphatic rings. The van der Waals surface area contributed by atoms with Crippen molar-refractivity contribution >= 4 is 0 Å². The molecule has 0 saturated heterocycles. The molecule has 1 rings (SSSR count). The Labute approximate surface area is 92.5 Å². The number of nitrogens with zero attached hydrogens (tertiary/aromatic N) is 1. The summed E-state index contributed by atoms with van der Waals surface area (Å²) in [5, 5.41) is 8.50. The number of hydrogen-bond acceptors (Lipinski definition) is 2. The molecule has 1 aromatic rings. The average molecular weight is 221 g/mol. The van der Waals surface area contributed by atoms with Gasteiger partial charge < -0.3 is 4.74 Å². The van der Waals surface area contributed by atoms with E-state index < -0.39 is 23.0 Å². The third-order valence-corrected chi connectivity index (χ3v) is 1.83. The maximum atomic E-state index is 13.4. The molecule has 0 amide bonds. The van der Waals surface area contributed by atoms with E-state index in [0.717, 1.165) is 12.1 Å². The average Bonchev–Trinajstić information content (AvgIpc) is 2.23. The highest BCUT2D eigenvalue weighted by Crippen LogP contribution is 2.26. The van der Waals surface area contributed by atoms with E-state index in [-0.39, 0.29) is 5.56 Å². The van der Waals surface area contributed by atoms with Gasteiger partial charge in [-0.1, -0.05) is 5.92 Å². The van der Waals surface area contributed by atoms with E-state index in [4.69, 9.17) is 16.4 Å². The van der Waals surface area contributed by atoms with Crippen molar-refractivity contribution in [2.24, 2.45) is 0 Å². The minimum absolute atomic E-state index is 0.110. The third-order valence-electron chi connectivity index (χ3n) is 1.83. The van der Waals surface area contributed by atoms with Gasteiger partial charge in [-0.15, -0.1) is 6.42 Å². The highest BCUT2D eigenvalue weighted by atomic mass is 19.1. The lowest BCUT2D eigenvalue weighted by molar-refractivity contribution is 0.156. The van der Waals surface area contributed by atoms with Crippen LogP contribution in [-0.4, -0.2) is 5.60 Å². The molecule has 0 aliphatic carbocycles. The molecule has 82 valence electrons. The van der Waals surface area contributed by atoms with Crippen molar-refractivity contribution in [3.8, 4) is 24.2 Å². The molecule has 0 N–H and O–H groups in total. The molecule has 1 aromatic carbocycles. The Morgan fingerprint density at radius 1 is 1.31 bits per heavy atom. The minimum Gasteiger partial charge on any atom is -0.469 e. The molecule has 0 unspecified atom stereocenters. The number of ether oxygens (including phenoxy) is 1. The summed E-state index contributed by atoms with van der Waals surface area (Å²) in [6, 6.07) is 3.42. The molecule has 0 radical (unpaired) electrons.